The average molecular weight is 261 g/mol. The highest BCUT2D eigenvalue weighted by Gasteiger charge is 2.20. The molecule has 1 unspecified atom stereocenters. The van der Waals surface area contributed by atoms with Gasteiger partial charge in [-0.2, -0.15) is 0 Å². The quantitative estimate of drug-likeness (QED) is 0.905. The molecule has 0 aromatic heterocycles. The molecule has 0 radical (unpaired) electrons. The van der Waals surface area contributed by atoms with E-state index < -0.39 is 11.9 Å². The summed E-state index contributed by atoms with van der Waals surface area (Å²) < 4.78 is 0. The number of carboxylic acid groups (broad SMARTS) is 1. The molecule has 3 nitrogen and oxygen atoms in total. The maximum Gasteiger partial charge on any atom is 0.310 e. The summed E-state index contributed by atoms with van der Waals surface area (Å²) in [6, 6.07) is 4.09. The molecule has 0 bridgehead atoms. The highest BCUT2D eigenvalue weighted by molar-refractivity contribution is 5.77. The van der Waals surface area contributed by atoms with Gasteiger partial charge in [0.15, 0.2) is 0 Å². The van der Waals surface area contributed by atoms with Gasteiger partial charge in [0, 0.05) is 18.8 Å². The molecular weight excluding hydrogens is 238 g/mol. The first-order valence-electron chi connectivity index (χ1n) is 7.10. The van der Waals surface area contributed by atoms with E-state index in [1.807, 2.05) is 13.0 Å². The molecule has 2 rings (SSSR count). The Kier molecular flexibility index (Phi) is 4.13. The Balaban J connectivity index is 2.33. The minimum atomic E-state index is -0.756. The normalized spacial score (nSPS) is 17.3. The lowest BCUT2D eigenvalue weighted by molar-refractivity contribution is -0.138. The fourth-order valence-electron chi connectivity index (χ4n) is 2.91. The third-order valence-electron chi connectivity index (χ3n) is 4.33. The Morgan fingerprint density at radius 3 is 2.37 bits per heavy atom. The van der Waals surface area contributed by atoms with E-state index in [1.165, 1.54) is 30.5 Å². The molecule has 1 aromatic carbocycles. The highest BCUT2D eigenvalue weighted by Crippen LogP contribution is 2.31. The van der Waals surface area contributed by atoms with Crippen molar-refractivity contribution in [3.63, 3.8) is 0 Å². The van der Waals surface area contributed by atoms with Crippen LogP contribution < -0.4 is 4.90 Å². The van der Waals surface area contributed by atoms with Crippen LogP contribution in [0, 0.1) is 13.8 Å². The van der Waals surface area contributed by atoms with Crippen LogP contribution in [0.4, 0.5) is 5.69 Å². The molecular formula is C16H23NO2. The van der Waals surface area contributed by atoms with Gasteiger partial charge in [-0.1, -0.05) is 6.07 Å². The second-order valence-electron chi connectivity index (χ2n) is 5.53. The monoisotopic (exact) mass is 261 g/mol. The standard InChI is InChI=1S/C16H23NO2/c1-11-12(2)15(17-9-5-4-6-10-17)8-7-14(11)13(3)16(18)19/h7-8,13H,4-6,9-10H2,1-3H3,(H,18,19). The van der Waals surface area contributed by atoms with Crippen molar-refractivity contribution in [2.24, 2.45) is 0 Å². The fraction of sp³-hybridized carbons (Fsp3) is 0.562. The minimum Gasteiger partial charge on any atom is -0.481 e. The number of benzene rings is 1. The number of rotatable bonds is 3. The van der Waals surface area contributed by atoms with E-state index in [1.54, 1.807) is 6.92 Å². The third-order valence-corrected chi connectivity index (χ3v) is 4.33. The average Bonchev–Trinajstić information content (AvgIpc) is 2.42. The molecule has 19 heavy (non-hydrogen) atoms. The first-order chi connectivity index (χ1) is 9.02. The summed E-state index contributed by atoms with van der Waals surface area (Å²) in [7, 11) is 0. The van der Waals surface area contributed by atoms with Gasteiger partial charge in [-0.05, 0) is 62.8 Å². The van der Waals surface area contributed by atoms with Gasteiger partial charge in [-0.3, -0.25) is 4.79 Å². The zero-order valence-corrected chi connectivity index (χ0v) is 12.1. The van der Waals surface area contributed by atoms with E-state index in [9.17, 15) is 4.79 Å². The van der Waals surface area contributed by atoms with Gasteiger partial charge in [0.2, 0.25) is 0 Å². The maximum absolute atomic E-state index is 11.1. The molecule has 1 aromatic rings. The molecule has 1 fully saturated rings. The SMILES string of the molecule is Cc1c(C(C)C(=O)O)ccc(N2CCCCC2)c1C. The summed E-state index contributed by atoms with van der Waals surface area (Å²) >= 11 is 0. The number of carboxylic acids is 1. The van der Waals surface area contributed by atoms with E-state index >= 15 is 0 Å². The lowest BCUT2D eigenvalue weighted by Gasteiger charge is -2.31. The van der Waals surface area contributed by atoms with Crippen molar-refractivity contribution in [1.29, 1.82) is 0 Å². The van der Waals surface area contributed by atoms with E-state index in [0.29, 0.717) is 0 Å². The number of piperidine rings is 1. The Hall–Kier alpha value is -1.51. The van der Waals surface area contributed by atoms with Gasteiger partial charge in [-0.25, -0.2) is 0 Å². The number of aliphatic carboxylic acids is 1. The first kappa shape index (κ1) is 13.9. The van der Waals surface area contributed by atoms with Crippen LogP contribution in [0.2, 0.25) is 0 Å². The first-order valence-corrected chi connectivity index (χ1v) is 7.10. The number of nitrogens with zero attached hydrogens (tertiary/aromatic N) is 1. The van der Waals surface area contributed by atoms with Crippen LogP contribution in [0.1, 0.15) is 48.8 Å². The van der Waals surface area contributed by atoms with Crippen molar-refractivity contribution in [1.82, 2.24) is 0 Å². The highest BCUT2D eigenvalue weighted by atomic mass is 16.4. The Morgan fingerprint density at radius 1 is 1.16 bits per heavy atom. The van der Waals surface area contributed by atoms with Crippen LogP contribution in [0.15, 0.2) is 12.1 Å². The second-order valence-corrected chi connectivity index (χ2v) is 5.53. The maximum atomic E-state index is 11.1. The van der Waals surface area contributed by atoms with Gasteiger partial charge >= 0.3 is 5.97 Å². The van der Waals surface area contributed by atoms with Crippen molar-refractivity contribution in [3.05, 3.63) is 28.8 Å². The second kappa shape index (κ2) is 5.64. The summed E-state index contributed by atoms with van der Waals surface area (Å²) in [5, 5.41) is 9.16. The summed E-state index contributed by atoms with van der Waals surface area (Å²) in [6.45, 7) is 8.14. The molecule has 1 heterocycles. The van der Waals surface area contributed by atoms with Crippen LogP contribution in [0.5, 0.6) is 0 Å². The van der Waals surface area contributed by atoms with Gasteiger partial charge in [-0.15, -0.1) is 0 Å². The van der Waals surface area contributed by atoms with Crippen LogP contribution in [-0.2, 0) is 4.79 Å². The van der Waals surface area contributed by atoms with Gasteiger partial charge in [0.25, 0.3) is 0 Å². The third kappa shape index (κ3) is 2.75. The zero-order chi connectivity index (χ0) is 14.0. The summed E-state index contributed by atoms with van der Waals surface area (Å²) in [5.74, 6) is -1.19. The molecule has 3 heteroatoms. The predicted octanol–water partition coefficient (Wildman–Crippen LogP) is 3.48. The largest absolute Gasteiger partial charge is 0.481 e. The molecule has 0 spiro atoms. The lowest BCUT2D eigenvalue weighted by Crippen LogP contribution is -2.30. The van der Waals surface area contributed by atoms with Crippen LogP contribution in [0.3, 0.4) is 0 Å². The fourth-order valence-corrected chi connectivity index (χ4v) is 2.91. The lowest BCUT2D eigenvalue weighted by atomic mass is 9.92. The zero-order valence-electron chi connectivity index (χ0n) is 12.1. The number of carbonyl (C=O) groups is 1. The predicted molar refractivity (Wildman–Crippen MR) is 78.0 cm³/mol. The molecule has 0 saturated carbocycles. The number of hydrogen-bond donors (Lipinski definition) is 1. The molecule has 104 valence electrons. The number of hydrogen-bond acceptors (Lipinski definition) is 2. The molecule has 1 saturated heterocycles. The van der Waals surface area contributed by atoms with Crippen LogP contribution >= 0.6 is 0 Å². The topological polar surface area (TPSA) is 40.5 Å². The number of anilines is 1. The van der Waals surface area contributed by atoms with E-state index in [0.717, 1.165) is 24.2 Å². The van der Waals surface area contributed by atoms with Crippen molar-refractivity contribution < 1.29 is 9.90 Å². The van der Waals surface area contributed by atoms with Gasteiger partial charge < -0.3 is 10.0 Å². The summed E-state index contributed by atoms with van der Waals surface area (Å²) in [5.41, 5.74) is 4.56. The Morgan fingerprint density at radius 2 is 1.79 bits per heavy atom. The van der Waals surface area contributed by atoms with Crippen molar-refractivity contribution in [2.75, 3.05) is 18.0 Å². The van der Waals surface area contributed by atoms with E-state index in [2.05, 4.69) is 17.9 Å². The van der Waals surface area contributed by atoms with Crippen LogP contribution in [-0.4, -0.2) is 24.2 Å². The van der Waals surface area contributed by atoms with Gasteiger partial charge in [0.05, 0.1) is 5.92 Å². The van der Waals surface area contributed by atoms with Crippen molar-refractivity contribution >= 4 is 11.7 Å². The van der Waals surface area contributed by atoms with E-state index in [-0.39, 0.29) is 0 Å². The van der Waals surface area contributed by atoms with Crippen molar-refractivity contribution in [3.8, 4) is 0 Å². The molecule has 0 amide bonds. The summed E-state index contributed by atoms with van der Waals surface area (Å²) in [6.07, 6.45) is 3.83. The molecule has 1 N–H and O–H groups in total. The van der Waals surface area contributed by atoms with Crippen molar-refractivity contribution in [2.45, 2.75) is 46.0 Å². The Bertz CT molecular complexity index is 476. The van der Waals surface area contributed by atoms with Crippen LogP contribution in [0.25, 0.3) is 0 Å². The Labute approximate surface area is 115 Å². The van der Waals surface area contributed by atoms with E-state index in [4.69, 9.17) is 5.11 Å². The summed E-state index contributed by atoms with van der Waals surface area (Å²) in [4.78, 5) is 13.6. The molecule has 1 atom stereocenters. The molecule has 1 aliphatic heterocycles. The minimum absolute atomic E-state index is 0.436. The molecule has 0 aliphatic carbocycles. The smallest absolute Gasteiger partial charge is 0.310 e. The molecule has 1 aliphatic rings. The van der Waals surface area contributed by atoms with Gasteiger partial charge in [0.1, 0.15) is 0 Å².